The van der Waals surface area contributed by atoms with Crippen LogP contribution in [0.3, 0.4) is 0 Å². The first-order valence-corrected chi connectivity index (χ1v) is 3.40. The highest BCUT2D eigenvalue weighted by atomic mass is 16.4. The van der Waals surface area contributed by atoms with Gasteiger partial charge in [-0.1, -0.05) is 0 Å². The molecule has 0 bridgehead atoms. The van der Waals surface area contributed by atoms with Gasteiger partial charge in [-0.15, -0.1) is 0 Å². The van der Waals surface area contributed by atoms with Gasteiger partial charge in [0.15, 0.2) is 0 Å². The molecule has 1 heterocycles. The molecule has 0 aromatic rings. The highest BCUT2D eigenvalue weighted by Crippen LogP contribution is 2.08. The number of carboxylic acid groups (broad SMARTS) is 1. The van der Waals surface area contributed by atoms with Crippen LogP contribution in [-0.4, -0.2) is 24.2 Å². The van der Waals surface area contributed by atoms with Crippen molar-refractivity contribution in [1.82, 2.24) is 10.9 Å². The Balaban J connectivity index is 2.19. The van der Waals surface area contributed by atoms with Crippen molar-refractivity contribution in [3.63, 3.8) is 0 Å². The van der Waals surface area contributed by atoms with Crippen LogP contribution in [0.1, 0.15) is 12.8 Å². The summed E-state index contributed by atoms with van der Waals surface area (Å²) in [6.07, 6.45) is 1.18. The summed E-state index contributed by atoms with van der Waals surface area (Å²) in [5.74, 6) is -0.471. The molecule has 0 aromatic carbocycles. The summed E-state index contributed by atoms with van der Waals surface area (Å²) in [4.78, 5) is 10.2. The number of nitrogens with one attached hydrogen (secondary N) is 1. The van der Waals surface area contributed by atoms with Gasteiger partial charge in [-0.3, -0.25) is 4.79 Å². The molecule has 0 saturated carbocycles. The van der Waals surface area contributed by atoms with Crippen LogP contribution in [0.4, 0.5) is 0 Å². The lowest BCUT2D eigenvalue weighted by Gasteiger charge is -2.19. The second-order valence-corrected chi connectivity index (χ2v) is 2.50. The van der Waals surface area contributed by atoms with Gasteiger partial charge in [0.2, 0.25) is 0 Å². The standard InChI is InChI=1S/C6H11N2O2/c9-6(10)3-5-1-2-7-8-4-5/h5,7H,1-4H2,(H,9,10). The van der Waals surface area contributed by atoms with E-state index in [0.717, 1.165) is 13.0 Å². The first kappa shape index (κ1) is 7.50. The van der Waals surface area contributed by atoms with Gasteiger partial charge < -0.3 is 5.11 Å². The van der Waals surface area contributed by atoms with Crippen LogP contribution in [0, 0.1) is 5.92 Å². The maximum absolute atomic E-state index is 10.2. The van der Waals surface area contributed by atoms with Crippen molar-refractivity contribution < 1.29 is 9.90 Å². The quantitative estimate of drug-likeness (QED) is 0.552. The molecule has 4 nitrogen and oxygen atoms in total. The van der Waals surface area contributed by atoms with Crippen molar-refractivity contribution in [1.29, 1.82) is 0 Å². The van der Waals surface area contributed by atoms with E-state index in [9.17, 15) is 4.79 Å². The lowest BCUT2D eigenvalue weighted by Crippen LogP contribution is -2.38. The van der Waals surface area contributed by atoms with E-state index in [1.54, 1.807) is 0 Å². The van der Waals surface area contributed by atoms with Crippen LogP contribution in [0.25, 0.3) is 0 Å². The molecule has 2 N–H and O–H groups in total. The average molecular weight is 143 g/mol. The predicted octanol–water partition coefficient (Wildman–Crippen LogP) is -0.410. The van der Waals surface area contributed by atoms with Crippen molar-refractivity contribution in [3.8, 4) is 0 Å². The van der Waals surface area contributed by atoms with Crippen LogP contribution in [-0.2, 0) is 4.79 Å². The molecule has 0 amide bonds. The first-order valence-electron chi connectivity index (χ1n) is 3.40. The second kappa shape index (κ2) is 3.53. The number of hydrogen-bond donors (Lipinski definition) is 2. The number of hydrogen-bond acceptors (Lipinski definition) is 2. The van der Waals surface area contributed by atoms with Crippen molar-refractivity contribution in [2.45, 2.75) is 12.8 Å². The molecular weight excluding hydrogens is 132 g/mol. The SMILES string of the molecule is O=C(O)CC1CCN[N]C1. The molecule has 57 valence electrons. The molecule has 1 unspecified atom stereocenters. The maximum atomic E-state index is 10.2. The lowest BCUT2D eigenvalue weighted by atomic mass is 10.0. The van der Waals surface area contributed by atoms with E-state index in [4.69, 9.17) is 5.11 Å². The fraction of sp³-hybridized carbons (Fsp3) is 0.833. The zero-order chi connectivity index (χ0) is 7.40. The van der Waals surface area contributed by atoms with Gasteiger partial charge >= 0.3 is 5.97 Å². The first-order chi connectivity index (χ1) is 4.79. The number of nitrogens with zero attached hydrogens (tertiary/aromatic N) is 1. The molecular formula is C6H11N2O2. The summed E-state index contributed by atoms with van der Waals surface area (Å²) in [6, 6.07) is 0. The normalized spacial score (nSPS) is 26.2. The molecule has 1 atom stereocenters. The Morgan fingerprint density at radius 3 is 3.10 bits per heavy atom. The van der Waals surface area contributed by atoms with Crippen LogP contribution in [0.2, 0.25) is 0 Å². The smallest absolute Gasteiger partial charge is 0.303 e. The highest BCUT2D eigenvalue weighted by molar-refractivity contribution is 5.67. The summed E-state index contributed by atoms with van der Waals surface area (Å²) in [7, 11) is 0. The van der Waals surface area contributed by atoms with E-state index < -0.39 is 5.97 Å². The van der Waals surface area contributed by atoms with Crippen LogP contribution in [0.5, 0.6) is 0 Å². The van der Waals surface area contributed by atoms with E-state index in [2.05, 4.69) is 10.9 Å². The molecule has 4 heteroatoms. The summed E-state index contributed by atoms with van der Waals surface area (Å²) < 4.78 is 0. The minimum atomic E-state index is -0.720. The fourth-order valence-corrected chi connectivity index (χ4v) is 1.05. The van der Waals surface area contributed by atoms with Gasteiger partial charge in [0.1, 0.15) is 0 Å². The molecule has 1 rings (SSSR count). The molecule has 0 aromatic heterocycles. The van der Waals surface area contributed by atoms with Crippen molar-refractivity contribution in [2.24, 2.45) is 5.92 Å². The third-order valence-corrected chi connectivity index (χ3v) is 1.59. The monoisotopic (exact) mass is 143 g/mol. The Kier molecular flexibility index (Phi) is 2.65. The summed E-state index contributed by atoms with van der Waals surface area (Å²) >= 11 is 0. The Bertz CT molecular complexity index is 121. The van der Waals surface area contributed by atoms with E-state index in [1.165, 1.54) is 0 Å². The Labute approximate surface area is 59.6 Å². The summed E-state index contributed by atoms with van der Waals surface area (Å²) in [5, 5.41) is 8.40. The molecule has 1 fully saturated rings. The van der Waals surface area contributed by atoms with Gasteiger partial charge in [0.25, 0.3) is 0 Å². The van der Waals surface area contributed by atoms with Gasteiger partial charge in [-0.2, -0.15) is 5.43 Å². The van der Waals surface area contributed by atoms with E-state index >= 15 is 0 Å². The average Bonchev–Trinajstić information content (AvgIpc) is 1.88. The molecule has 0 aliphatic carbocycles. The van der Waals surface area contributed by atoms with Gasteiger partial charge in [-0.25, -0.2) is 5.43 Å². The summed E-state index contributed by atoms with van der Waals surface area (Å²) in [6.45, 7) is 1.46. The van der Waals surface area contributed by atoms with E-state index in [-0.39, 0.29) is 12.3 Å². The predicted molar refractivity (Wildman–Crippen MR) is 35.4 cm³/mol. The van der Waals surface area contributed by atoms with Crippen molar-refractivity contribution in [3.05, 3.63) is 0 Å². The van der Waals surface area contributed by atoms with Gasteiger partial charge in [0, 0.05) is 19.5 Å². The number of aliphatic carboxylic acids is 1. The Morgan fingerprint density at radius 2 is 2.60 bits per heavy atom. The largest absolute Gasteiger partial charge is 0.481 e. The highest BCUT2D eigenvalue weighted by Gasteiger charge is 2.16. The van der Waals surface area contributed by atoms with Gasteiger partial charge in [-0.05, 0) is 12.3 Å². The third-order valence-electron chi connectivity index (χ3n) is 1.59. The van der Waals surface area contributed by atoms with E-state index in [0.29, 0.717) is 6.54 Å². The topological polar surface area (TPSA) is 63.4 Å². The molecule has 1 saturated heterocycles. The molecule has 1 aliphatic rings. The fourth-order valence-electron chi connectivity index (χ4n) is 1.05. The van der Waals surface area contributed by atoms with Crippen molar-refractivity contribution in [2.75, 3.05) is 13.1 Å². The summed E-state index contributed by atoms with van der Waals surface area (Å²) in [5.41, 5.74) is 6.72. The third kappa shape index (κ3) is 2.33. The number of carboxylic acids is 1. The molecule has 10 heavy (non-hydrogen) atoms. The minimum Gasteiger partial charge on any atom is -0.481 e. The lowest BCUT2D eigenvalue weighted by molar-refractivity contribution is -0.138. The maximum Gasteiger partial charge on any atom is 0.303 e. The van der Waals surface area contributed by atoms with Crippen LogP contribution < -0.4 is 10.9 Å². The molecule has 1 aliphatic heterocycles. The van der Waals surface area contributed by atoms with Crippen LogP contribution >= 0.6 is 0 Å². The minimum absolute atomic E-state index is 0.249. The Hall–Kier alpha value is -0.610. The van der Waals surface area contributed by atoms with E-state index in [1.807, 2.05) is 0 Å². The zero-order valence-corrected chi connectivity index (χ0v) is 5.71. The molecule has 1 radical (unpaired) electrons. The van der Waals surface area contributed by atoms with Crippen molar-refractivity contribution >= 4 is 5.97 Å². The van der Waals surface area contributed by atoms with Gasteiger partial charge in [0.05, 0.1) is 0 Å². The number of carbonyl (C=O) groups is 1. The van der Waals surface area contributed by atoms with Crippen LogP contribution in [0.15, 0.2) is 0 Å². The second-order valence-electron chi connectivity index (χ2n) is 2.50. The zero-order valence-electron chi connectivity index (χ0n) is 5.71. The molecule has 0 spiro atoms. The Morgan fingerprint density at radius 1 is 1.80 bits per heavy atom. The number of rotatable bonds is 2.